The quantitative estimate of drug-likeness (QED) is 0.838. The van der Waals surface area contributed by atoms with Gasteiger partial charge in [0.1, 0.15) is 12.0 Å². The minimum atomic E-state index is -0.785. The minimum Gasteiger partial charge on any atom is -0.481 e. The van der Waals surface area contributed by atoms with Gasteiger partial charge in [0.15, 0.2) is 0 Å². The van der Waals surface area contributed by atoms with Crippen molar-refractivity contribution in [3.8, 4) is 5.88 Å². The van der Waals surface area contributed by atoms with E-state index in [0.717, 1.165) is 11.3 Å². The number of carboxylic acids is 1. The van der Waals surface area contributed by atoms with Crippen LogP contribution >= 0.6 is 11.5 Å². The van der Waals surface area contributed by atoms with Gasteiger partial charge in [-0.1, -0.05) is 12.2 Å². The van der Waals surface area contributed by atoms with E-state index < -0.39 is 11.4 Å². The molecule has 0 bridgehead atoms. The SMILES string of the molecule is Cc1cc(OCC2(C(=O)O)CC=CCC2)ns1. The van der Waals surface area contributed by atoms with Gasteiger partial charge in [-0.05, 0) is 37.7 Å². The lowest BCUT2D eigenvalue weighted by Crippen LogP contribution is -2.37. The molecule has 1 N–H and O–H groups in total. The Hall–Kier alpha value is -1.36. The second-order valence-electron chi connectivity index (χ2n) is 4.36. The van der Waals surface area contributed by atoms with Crippen molar-refractivity contribution in [2.45, 2.75) is 26.2 Å². The molecular weight excluding hydrogens is 238 g/mol. The Bertz CT molecular complexity index is 441. The first-order chi connectivity index (χ1) is 8.12. The summed E-state index contributed by atoms with van der Waals surface area (Å²) in [5.74, 6) is -0.253. The second kappa shape index (κ2) is 4.87. The summed E-state index contributed by atoms with van der Waals surface area (Å²) in [5.41, 5.74) is -0.785. The van der Waals surface area contributed by atoms with E-state index in [1.165, 1.54) is 11.5 Å². The van der Waals surface area contributed by atoms with Crippen LogP contribution in [0.15, 0.2) is 18.2 Å². The molecule has 1 aromatic heterocycles. The Balaban J connectivity index is 2.03. The van der Waals surface area contributed by atoms with Crippen molar-refractivity contribution in [1.82, 2.24) is 4.37 Å². The van der Waals surface area contributed by atoms with E-state index in [-0.39, 0.29) is 6.61 Å². The third-order valence-corrected chi connectivity index (χ3v) is 3.70. The number of aryl methyl sites for hydroxylation is 1. The summed E-state index contributed by atoms with van der Waals surface area (Å²) >= 11 is 1.36. The Morgan fingerprint density at radius 2 is 2.47 bits per heavy atom. The van der Waals surface area contributed by atoms with Crippen LogP contribution in [-0.4, -0.2) is 22.1 Å². The van der Waals surface area contributed by atoms with Crippen molar-refractivity contribution in [3.63, 3.8) is 0 Å². The number of rotatable bonds is 4. The first kappa shape index (κ1) is 12.1. The summed E-state index contributed by atoms with van der Waals surface area (Å²) in [6, 6.07) is 1.83. The topological polar surface area (TPSA) is 59.4 Å². The van der Waals surface area contributed by atoms with E-state index in [1.807, 2.05) is 25.1 Å². The molecule has 1 heterocycles. The van der Waals surface area contributed by atoms with Gasteiger partial charge in [-0.15, -0.1) is 0 Å². The fourth-order valence-electron chi connectivity index (χ4n) is 1.90. The lowest BCUT2D eigenvalue weighted by atomic mass is 9.78. The average molecular weight is 253 g/mol. The molecule has 1 aliphatic carbocycles. The fourth-order valence-corrected chi connectivity index (χ4v) is 2.39. The van der Waals surface area contributed by atoms with E-state index in [0.29, 0.717) is 18.7 Å². The molecule has 1 aromatic rings. The summed E-state index contributed by atoms with van der Waals surface area (Å²) < 4.78 is 9.61. The predicted molar refractivity (Wildman–Crippen MR) is 65.4 cm³/mol. The van der Waals surface area contributed by atoms with Crippen molar-refractivity contribution in [2.24, 2.45) is 5.41 Å². The lowest BCUT2D eigenvalue weighted by Gasteiger charge is -2.29. The van der Waals surface area contributed by atoms with Crippen LogP contribution in [0.4, 0.5) is 0 Å². The zero-order chi connectivity index (χ0) is 12.3. The van der Waals surface area contributed by atoms with Crippen molar-refractivity contribution in [3.05, 3.63) is 23.1 Å². The normalized spacial score (nSPS) is 23.6. The highest BCUT2D eigenvalue weighted by atomic mass is 32.1. The van der Waals surface area contributed by atoms with Gasteiger partial charge in [-0.2, -0.15) is 4.37 Å². The monoisotopic (exact) mass is 253 g/mol. The fraction of sp³-hybridized carbons (Fsp3) is 0.500. The van der Waals surface area contributed by atoms with Gasteiger partial charge >= 0.3 is 5.97 Å². The maximum absolute atomic E-state index is 11.4. The van der Waals surface area contributed by atoms with E-state index in [9.17, 15) is 9.90 Å². The van der Waals surface area contributed by atoms with Crippen LogP contribution in [-0.2, 0) is 4.79 Å². The van der Waals surface area contributed by atoms with E-state index in [1.54, 1.807) is 0 Å². The third-order valence-electron chi connectivity index (χ3n) is 3.02. The summed E-state index contributed by atoms with van der Waals surface area (Å²) in [6.07, 6.45) is 5.90. The highest BCUT2D eigenvalue weighted by Crippen LogP contribution is 2.34. The van der Waals surface area contributed by atoms with Gasteiger partial charge in [0.25, 0.3) is 0 Å². The second-order valence-corrected chi connectivity index (χ2v) is 5.37. The Morgan fingerprint density at radius 3 is 3.00 bits per heavy atom. The molecule has 0 fully saturated rings. The number of allylic oxidation sites excluding steroid dienone is 2. The Kier molecular flexibility index (Phi) is 3.47. The number of ether oxygens (including phenoxy) is 1. The molecule has 1 unspecified atom stereocenters. The van der Waals surface area contributed by atoms with Crippen LogP contribution in [0.25, 0.3) is 0 Å². The highest BCUT2D eigenvalue weighted by Gasteiger charge is 2.39. The molecule has 2 rings (SSSR count). The number of nitrogens with zero attached hydrogens (tertiary/aromatic N) is 1. The van der Waals surface area contributed by atoms with E-state index in [4.69, 9.17) is 4.74 Å². The summed E-state index contributed by atoms with van der Waals surface area (Å²) in [7, 11) is 0. The summed E-state index contributed by atoms with van der Waals surface area (Å²) in [5, 5.41) is 9.34. The van der Waals surface area contributed by atoms with E-state index in [2.05, 4.69) is 4.37 Å². The molecule has 0 radical (unpaired) electrons. The molecule has 0 saturated carbocycles. The largest absolute Gasteiger partial charge is 0.481 e. The van der Waals surface area contributed by atoms with Crippen molar-refractivity contribution in [2.75, 3.05) is 6.61 Å². The van der Waals surface area contributed by atoms with Crippen molar-refractivity contribution >= 4 is 17.5 Å². The zero-order valence-corrected chi connectivity index (χ0v) is 10.5. The smallest absolute Gasteiger partial charge is 0.313 e. The first-order valence-corrected chi connectivity index (χ1v) is 6.34. The Labute approximate surface area is 104 Å². The van der Waals surface area contributed by atoms with Crippen LogP contribution in [0.5, 0.6) is 5.88 Å². The molecule has 0 spiro atoms. The van der Waals surface area contributed by atoms with Crippen molar-refractivity contribution < 1.29 is 14.6 Å². The standard InChI is InChI=1S/C12H15NO3S/c1-9-7-10(13-17-9)16-8-12(11(14)15)5-3-2-4-6-12/h2-3,7H,4-6,8H2,1H3,(H,14,15). The lowest BCUT2D eigenvalue weighted by molar-refractivity contribution is -0.151. The molecule has 17 heavy (non-hydrogen) atoms. The molecule has 0 saturated heterocycles. The zero-order valence-electron chi connectivity index (χ0n) is 9.68. The number of carbonyl (C=O) groups is 1. The van der Waals surface area contributed by atoms with Crippen LogP contribution in [0, 0.1) is 12.3 Å². The molecule has 92 valence electrons. The summed E-state index contributed by atoms with van der Waals surface area (Å²) in [6.45, 7) is 2.14. The molecule has 1 aliphatic rings. The van der Waals surface area contributed by atoms with Gasteiger partial charge < -0.3 is 9.84 Å². The van der Waals surface area contributed by atoms with E-state index >= 15 is 0 Å². The molecule has 0 amide bonds. The Morgan fingerprint density at radius 1 is 1.65 bits per heavy atom. The van der Waals surface area contributed by atoms with Gasteiger partial charge in [0.05, 0.1) is 0 Å². The van der Waals surface area contributed by atoms with Crippen molar-refractivity contribution in [1.29, 1.82) is 0 Å². The van der Waals surface area contributed by atoms with Crippen LogP contribution in [0.1, 0.15) is 24.1 Å². The minimum absolute atomic E-state index is 0.190. The first-order valence-electron chi connectivity index (χ1n) is 5.57. The number of hydrogen-bond acceptors (Lipinski definition) is 4. The highest BCUT2D eigenvalue weighted by molar-refractivity contribution is 7.05. The van der Waals surface area contributed by atoms with Gasteiger partial charge in [-0.3, -0.25) is 4.79 Å². The van der Waals surface area contributed by atoms with Crippen LogP contribution in [0.3, 0.4) is 0 Å². The maximum atomic E-state index is 11.4. The number of aromatic nitrogens is 1. The predicted octanol–water partition coefficient (Wildman–Crippen LogP) is 2.64. The molecule has 0 aromatic carbocycles. The molecule has 5 heteroatoms. The number of aliphatic carboxylic acids is 1. The number of carboxylic acid groups (broad SMARTS) is 1. The third kappa shape index (κ3) is 2.66. The van der Waals surface area contributed by atoms with Crippen LogP contribution in [0.2, 0.25) is 0 Å². The molecule has 4 nitrogen and oxygen atoms in total. The molecular formula is C12H15NO3S. The molecule has 0 aliphatic heterocycles. The number of hydrogen-bond donors (Lipinski definition) is 1. The van der Waals surface area contributed by atoms with Gasteiger partial charge in [0, 0.05) is 10.9 Å². The molecule has 1 atom stereocenters. The van der Waals surface area contributed by atoms with Gasteiger partial charge in [-0.25, -0.2) is 0 Å². The van der Waals surface area contributed by atoms with Gasteiger partial charge in [0.2, 0.25) is 5.88 Å². The maximum Gasteiger partial charge on any atom is 0.313 e. The van der Waals surface area contributed by atoms with Crippen LogP contribution < -0.4 is 4.74 Å². The average Bonchev–Trinajstić information content (AvgIpc) is 2.74. The summed E-state index contributed by atoms with van der Waals surface area (Å²) in [4.78, 5) is 12.4.